The van der Waals surface area contributed by atoms with Crippen LogP contribution in [0.15, 0.2) is 54.6 Å². The molecule has 3 N–H and O–H groups in total. The van der Waals surface area contributed by atoms with Gasteiger partial charge in [0, 0.05) is 6.54 Å². The molecule has 0 heterocycles. The molecule has 2 aromatic carbocycles. The van der Waals surface area contributed by atoms with Gasteiger partial charge in [-0.15, -0.1) is 0 Å². The number of urea groups is 1. The summed E-state index contributed by atoms with van der Waals surface area (Å²) in [6.45, 7) is 2.72. The standard InChI is InChI=1S/C19H24N2O3/c1-15(13-22)21-19(23)20-11-10-16-8-5-9-18(12-16)24-14-17-6-3-2-4-7-17/h2-9,12,15,22H,10-11,13-14H2,1H3,(H2,20,21,23). The molecule has 0 saturated heterocycles. The van der Waals surface area contributed by atoms with E-state index in [0.717, 1.165) is 16.9 Å². The predicted octanol–water partition coefficient (Wildman–Crippen LogP) is 2.49. The van der Waals surface area contributed by atoms with Gasteiger partial charge in [-0.05, 0) is 36.6 Å². The number of carbonyl (C=O) groups is 1. The fourth-order valence-electron chi connectivity index (χ4n) is 2.17. The average Bonchev–Trinajstić information content (AvgIpc) is 2.61. The molecule has 0 aromatic heterocycles. The second kappa shape index (κ2) is 9.57. The van der Waals surface area contributed by atoms with Crippen LogP contribution in [0.3, 0.4) is 0 Å². The first-order valence-electron chi connectivity index (χ1n) is 8.08. The fourth-order valence-corrected chi connectivity index (χ4v) is 2.17. The molecule has 0 aliphatic carbocycles. The highest BCUT2D eigenvalue weighted by Gasteiger charge is 2.05. The van der Waals surface area contributed by atoms with Gasteiger partial charge in [0.25, 0.3) is 0 Å². The molecule has 0 saturated carbocycles. The van der Waals surface area contributed by atoms with Crippen LogP contribution < -0.4 is 15.4 Å². The summed E-state index contributed by atoms with van der Waals surface area (Å²) < 4.78 is 5.80. The van der Waals surface area contributed by atoms with Crippen molar-refractivity contribution in [2.24, 2.45) is 0 Å². The third kappa shape index (κ3) is 6.30. The quantitative estimate of drug-likeness (QED) is 0.697. The lowest BCUT2D eigenvalue weighted by Crippen LogP contribution is -2.42. The van der Waals surface area contributed by atoms with Gasteiger partial charge in [-0.1, -0.05) is 42.5 Å². The first kappa shape index (κ1) is 17.8. The fraction of sp³-hybridized carbons (Fsp3) is 0.316. The molecule has 1 atom stereocenters. The molecule has 2 amide bonds. The molecule has 2 rings (SSSR count). The van der Waals surface area contributed by atoms with Crippen LogP contribution in [-0.2, 0) is 13.0 Å². The van der Waals surface area contributed by atoms with E-state index in [4.69, 9.17) is 9.84 Å². The number of rotatable bonds is 8. The lowest BCUT2D eigenvalue weighted by Gasteiger charge is -2.12. The Labute approximate surface area is 142 Å². The van der Waals surface area contributed by atoms with E-state index in [1.165, 1.54) is 0 Å². The molecule has 0 aliphatic heterocycles. The highest BCUT2D eigenvalue weighted by atomic mass is 16.5. The Bertz CT molecular complexity index is 632. The monoisotopic (exact) mass is 328 g/mol. The van der Waals surface area contributed by atoms with Crippen molar-refractivity contribution in [3.63, 3.8) is 0 Å². The van der Waals surface area contributed by atoms with Crippen molar-refractivity contribution in [1.82, 2.24) is 10.6 Å². The van der Waals surface area contributed by atoms with E-state index >= 15 is 0 Å². The Morgan fingerprint density at radius 2 is 1.88 bits per heavy atom. The van der Waals surface area contributed by atoms with E-state index in [9.17, 15) is 4.79 Å². The van der Waals surface area contributed by atoms with Crippen LogP contribution >= 0.6 is 0 Å². The van der Waals surface area contributed by atoms with Gasteiger partial charge >= 0.3 is 6.03 Å². The molecule has 0 radical (unpaired) electrons. The third-order valence-electron chi connectivity index (χ3n) is 3.50. The van der Waals surface area contributed by atoms with Crippen molar-refractivity contribution in [3.8, 4) is 5.75 Å². The van der Waals surface area contributed by atoms with Gasteiger partial charge in [0.1, 0.15) is 12.4 Å². The van der Waals surface area contributed by atoms with Crippen molar-refractivity contribution in [3.05, 3.63) is 65.7 Å². The number of ether oxygens (including phenoxy) is 1. The molecule has 5 heteroatoms. The molecule has 0 spiro atoms. The molecule has 128 valence electrons. The molecule has 5 nitrogen and oxygen atoms in total. The summed E-state index contributed by atoms with van der Waals surface area (Å²) in [5.74, 6) is 0.815. The van der Waals surface area contributed by atoms with Crippen LogP contribution in [0, 0.1) is 0 Å². The van der Waals surface area contributed by atoms with Crippen LogP contribution in [0.25, 0.3) is 0 Å². The number of hydrogen-bond acceptors (Lipinski definition) is 3. The second-order valence-corrected chi connectivity index (χ2v) is 5.66. The predicted molar refractivity (Wildman–Crippen MR) is 94.0 cm³/mol. The highest BCUT2D eigenvalue weighted by molar-refractivity contribution is 5.74. The molecule has 0 aliphatic rings. The van der Waals surface area contributed by atoms with Gasteiger partial charge in [-0.2, -0.15) is 0 Å². The summed E-state index contributed by atoms with van der Waals surface area (Å²) in [4.78, 5) is 11.6. The van der Waals surface area contributed by atoms with Crippen molar-refractivity contribution >= 4 is 6.03 Å². The lowest BCUT2D eigenvalue weighted by molar-refractivity contribution is 0.220. The maximum absolute atomic E-state index is 11.6. The van der Waals surface area contributed by atoms with E-state index in [0.29, 0.717) is 19.6 Å². The zero-order valence-corrected chi connectivity index (χ0v) is 13.9. The molecule has 1 unspecified atom stereocenters. The van der Waals surface area contributed by atoms with Gasteiger partial charge in [-0.3, -0.25) is 0 Å². The van der Waals surface area contributed by atoms with E-state index in [1.54, 1.807) is 6.92 Å². The van der Waals surface area contributed by atoms with E-state index in [-0.39, 0.29) is 18.7 Å². The number of carbonyl (C=O) groups excluding carboxylic acids is 1. The number of benzene rings is 2. The molecule has 0 fully saturated rings. The SMILES string of the molecule is CC(CO)NC(=O)NCCc1cccc(OCc2ccccc2)c1. The molecule has 2 aromatic rings. The largest absolute Gasteiger partial charge is 0.489 e. The Kier molecular flexibility index (Phi) is 7.11. The smallest absolute Gasteiger partial charge is 0.315 e. The average molecular weight is 328 g/mol. The number of hydrogen-bond donors (Lipinski definition) is 3. The van der Waals surface area contributed by atoms with Crippen molar-refractivity contribution in [2.75, 3.05) is 13.2 Å². The van der Waals surface area contributed by atoms with Gasteiger partial charge in [0.2, 0.25) is 0 Å². The van der Waals surface area contributed by atoms with Crippen LogP contribution in [-0.4, -0.2) is 30.3 Å². The van der Waals surface area contributed by atoms with Gasteiger partial charge in [0.15, 0.2) is 0 Å². The highest BCUT2D eigenvalue weighted by Crippen LogP contribution is 2.15. The Balaban J connectivity index is 1.77. The maximum Gasteiger partial charge on any atom is 0.315 e. The van der Waals surface area contributed by atoms with Gasteiger partial charge in [0.05, 0.1) is 12.6 Å². The summed E-state index contributed by atoms with van der Waals surface area (Å²) >= 11 is 0. The minimum absolute atomic E-state index is 0.0752. The number of amides is 2. The zero-order chi connectivity index (χ0) is 17.2. The van der Waals surface area contributed by atoms with Crippen molar-refractivity contribution < 1.29 is 14.6 Å². The topological polar surface area (TPSA) is 70.6 Å². The van der Waals surface area contributed by atoms with Crippen LogP contribution in [0.4, 0.5) is 4.79 Å². The summed E-state index contributed by atoms with van der Waals surface area (Å²) in [6.07, 6.45) is 0.712. The van der Waals surface area contributed by atoms with Gasteiger partial charge in [-0.25, -0.2) is 4.79 Å². The molecular weight excluding hydrogens is 304 g/mol. The zero-order valence-electron chi connectivity index (χ0n) is 13.9. The number of aliphatic hydroxyl groups is 1. The Morgan fingerprint density at radius 1 is 1.12 bits per heavy atom. The minimum Gasteiger partial charge on any atom is -0.489 e. The van der Waals surface area contributed by atoms with E-state index in [1.807, 2.05) is 54.6 Å². The van der Waals surface area contributed by atoms with Crippen molar-refractivity contribution in [1.29, 1.82) is 0 Å². The third-order valence-corrected chi connectivity index (χ3v) is 3.50. The normalized spacial score (nSPS) is 11.6. The van der Waals surface area contributed by atoms with E-state index in [2.05, 4.69) is 10.6 Å². The Hall–Kier alpha value is -2.53. The summed E-state index contributed by atoms with van der Waals surface area (Å²) in [5, 5.41) is 14.3. The summed E-state index contributed by atoms with van der Waals surface area (Å²) in [6, 6.07) is 17.4. The molecule has 0 bridgehead atoms. The number of aliphatic hydroxyl groups excluding tert-OH is 1. The minimum atomic E-state index is -0.270. The summed E-state index contributed by atoms with van der Waals surface area (Å²) in [7, 11) is 0. The molecule has 24 heavy (non-hydrogen) atoms. The van der Waals surface area contributed by atoms with Crippen molar-refractivity contribution in [2.45, 2.75) is 26.0 Å². The number of nitrogens with one attached hydrogen (secondary N) is 2. The second-order valence-electron chi connectivity index (χ2n) is 5.66. The van der Waals surface area contributed by atoms with Gasteiger partial charge < -0.3 is 20.5 Å². The van der Waals surface area contributed by atoms with E-state index < -0.39 is 0 Å². The maximum atomic E-state index is 11.6. The Morgan fingerprint density at radius 3 is 2.62 bits per heavy atom. The van der Waals surface area contributed by atoms with Crippen LogP contribution in [0.2, 0.25) is 0 Å². The first-order valence-corrected chi connectivity index (χ1v) is 8.08. The summed E-state index contributed by atoms with van der Waals surface area (Å²) in [5.41, 5.74) is 2.22. The first-order chi connectivity index (χ1) is 11.7. The lowest BCUT2D eigenvalue weighted by atomic mass is 10.1. The van der Waals surface area contributed by atoms with Crippen LogP contribution in [0.5, 0.6) is 5.75 Å². The van der Waals surface area contributed by atoms with Crippen LogP contribution in [0.1, 0.15) is 18.1 Å². The molecular formula is C19H24N2O3.